The average molecular weight is 364 g/mol. The number of aryl methyl sites for hydroxylation is 1. The Bertz CT molecular complexity index is 932. The van der Waals surface area contributed by atoms with Gasteiger partial charge in [0.1, 0.15) is 22.8 Å². The number of hydrogen-bond donors (Lipinski definition) is 1. The standard InChI is InChI=1S/C23H24O4/c1-3-5-13-26-21-15-20(23(25)27-17-9-7-6-8-10-17)22(24)18-12-11-16(4-2)14-19(18)21/h6-12,14-15,24H,3-5,13H2,1-2H3. The lowest BCUT2D eigenvalue weighted by atomic mass is 10.0. The van der Waals surface area contributed by atoms with Crippen molar-refractivity contribution >= 4 is 16.7 Å². The zero-order valence-electron chi connectivity index (χ0n) is 15.7. The van der Waals surface area contributed by atoms with E-state index >= 15 is 0 Å². The van der Waals surface area contributed by atoms with Crippen molar-refractivity contribution in [2.45, 2.75) is 33.1 Å². The largest absolute Gasteiger partial charge is 0.506 e. The molecule has 27 heavy (non-hydrogen) atoms. The van der Waals surface area contributed by atoms with Gasteiger partial charge in [-0.2, -0.15) is 0 Å². The molecule has 3 aromatic rings. The van der Waals surface area contributed by atoms with Crippen LogP contribution in [0.3, 0.4) is 0 Å². The Kier molecular flexibility index (Phi) is 5.97. The topological polar surface area (TPSA) is 55.8 Å². The van der Waals surface area contributed by atoms with Crippen molar-refractivity contribution in [2.75, 3.05) is 6.61 Å². The number of esters is 1. The number of phenols is 1. The van der Waals surface area contributed by atoms with Crippen LogP contribution in [-0.4, -0.2) is 17.7 Å². The molecule has 4 nitrogen and oxygen atoms in total. The van der Waals surface area contributed by atoms with E-state index in [0.29, 0.717) is 23.5 Å². The van der Waals surface area contributed by atoms with Gasteiger partial charge in [0.15, 0.2) is 0 Å². The molecule has 0 amide bonds. The fraction of sp³-hybridized carbons (Fsp3) is 0.261. The van der Waals surface area contributed by atoms with Gasteiger partial charge in [0.05, 0.1) is 6.61 Å². The van der Waals surface area contributed by atoms with Crippen LogP contribution in [0.15, 0.2) is 54.6 Å². The molecule has 0 saturated carbocycles. The molecule has 0 radical (unpaired) electrons. The van der Waals surface area contributed by atoms with E-state index in [2.05, 4.69) is 13.8 Å². The van der Waals surface area contributed by atoms with Gasteiger partial charge in [0.25, 0.3) is 0 Å². The highest BCUT2D eigenvalue weighted by Crippen LogP contribution is 2.37. The van der Waals surface area contributed by atoms with Gasteiger partial charge in [-0.25, -0.2) is 4.79 Å². The highest BCUT2D eigenvalue weighted by Gasteiger charge is 2.20. The maximum atomic E-state index is 12.6. The second kappa shape index (κ2) is 8.58. The number of benzene rings is 3. The summed E-state index contributed by atoms with van der Waals surface area (Å²) in [5, 5.41) is 12.1. The van der Waals surface area contributed by atoms with Gasteiger partial charge in [0, 0.05) is 10.8 Å². The molecule has 0 atom stereocenters. The van der Waals surface area contributed by atoms with Crippen LogP contribution in [0.4, 0.5) is 0 Å². The lowest BCUT2D eigenvalue weighted by Crippen LogP contribution is -2.10. The second-order valence-corrected chi connectivity index (χ2v) is 6.41. The zero-order chi connectivity index (χ0) is 19.2. The summed E-state index contributed by atoms with van der Waals surface area (Å²) in [7, 11) is 0. The molecule has 0 spiro atoms. The van der Waals surface area contributed by atoms with Crippen LogP contribution >= 0.6 is 0 Å². The van der Waals surface area contributed by atoms with E-state index in [1.165, 1.54) is 0 Å². The first-order valence-corrected chi connectivity index (χ1v) is 9.32. The van der Waals surface area contributed by atoms with E-state index in [9.17, 15) is 9.90 Å². The highest BCUT2D eigenvalue weighted by molar-refractivity contribution is 6.04. The molecule has 140 valence electrons. The van der Waals surface area contributed by atoms with Gasteiger partial charge < -0.3 is 14.6 Å². The first-order chi connectivity index (χ1) is 13.1. The fourth-order valence-electron chi connectivity index (χ4n) is 2.90. The molecule has 3 rings (SSSR count). The summed E-state index contributed by atoms with van der Waals surface area (Å²) >= 11 is 0. The monoisotopic (exact) mass is 364 g/mol. The third-order valence-corrected chi connectivity index (χ3v) is 4.47. The Morgan fingerprint density at radius 3 is 2.48 bits per heavy atom. The summed E-state index contributed by atoms with van der Waals surface area (Å²) < 4.78 is 11.3. The minimum absolute atomic E-state index is 0.0866. The minimum atomic E-state index is -0.611. The summed E-state index contributed by atoms with van der Waals surface area (Å²) in [6.07, 6.45) is 2.81. The van der Waals surface area contributed by atoms with Gasteiger partial charge >= 0.3 is 5.97 Å². The average Bonchev–Trinajstić information content (AvgIpc) is 2.70. The number of hydrogen-bond acceptors (Lipinski definition) is 4. The van der Waals surface area contributed by atoms with Crippen LogP contribution in [0, 0.1) is 0 Å². The highest BCUT2D eigenvalue weighted by atomic mass is 16.5. The Morgan fingerprint density at radius 2 is 1.78 bits per heavy atom. The Labute approximate surface area is 159 Å². The maximum absolute atomic E-state index is 12.6. The third kappa shape index (κ3) is 4.22. The summed E-state index contributed by atoms with van der Waals surface area (Å²) in [4.78, 5) is 12.6. The first-order valence-electron chi connectivity index (χ1n) is 9.32. The third-order valence-electron chi connectivity index (χ3n) is 4.47. The molecule has 0 aliphatic heterocycles. The van der Waals surface area contributed by atoms with Crippen LogP contribution in [0.2, 0.25) is 0 Å². The number of aromatic hydroxyl groups is 1. The normalized spacial score (nSPS) is 10.7. The SMILES string of the molecule is CCCCOc1cc(C(=O)Oc2ccccc2)c(O)c2ccc(CC)cc12. The molecular weight excluding hydrogens is 340 g/mol. The number of fused-ring (bicyclic) bond motifs is 1. The van der Waals surface area contributed by atoms with Crippen LogP contribution in [-0.2, 0) is 6.42 Å². The molecule has 0 aliphatic rings. The van der Waals surface area contributed by atoms with E-state index in [1.807, 2.05) is 24.3 Å². The molecule has 4 heteroatoms. The quantitative estimate of drug-likeness (QED) is 0.341. The van der Waals surface area contributed by atoms with Crippen molar-refractivity contribution in [3.63, 3.8) is 0 Å². The first kappa shape index (κ1) is 18.8. The van der Waals surface area contributed by atoms with E-state index in [0.717, 1.165) is 30.2 Å². The molecular formula is C23H24O4. The van der Waals surface area contributed by atoms with Gasteiger partial charge in [0.2, 0.25) is 0 Å². The van der Waals surface area contributed by atoms with Crippen molar-refractivity contribution < 1.29 is 19.4 Å². The van der Waals surface area contributed by atoms with Crippen LogP contribution in [0.1, 0.15) is 42.6 Å². The molecule has 0 fully saturated rings. The molecule has 0 saturated heterocycles. The molecule has 0 aliphatic carbocycles. The number of ether oxygens (including phenoxy) is 2. The lowest BCUT2D eigenvalue weighted by Gasteiger charge is -2.14. The number of carbonyl (C=O) groups excluding carboxylic acids is 1. The molecule has 3 aromatic carbocycles. The number of phenolic OH excluding ortho intramolecular Hbond substituents is 1. The number of para-hydroxylation sites is 1. The smallest absolute Gasteiger partial charge is 0.347 e. The molecule has 0 bridgehead atoms. The minimum Gasteiger partial charge on any atom is -0.506 e. The van der Waals surface area contributed by atoms with E-state index in [4.69, 9.17) is 9.47 Å². The lowest BCUT2D eigenvalue weighted by molar-refractivity contribution is 0.0731. The van der Waals surface area contributed by atoms with Gasteiger partial charge in [-0.15, -0.1) is 0 Å². The predicted molar refractivity (Wildman–Crippen MR) is 107 cm³/mol. The fourth-order valence-corrected chi connectivity index (χ4v) is 2.90. The molecule has 0 unspecified atom stereocenters. The molecule has 1 N–H and O–H groups in total. The van der Waals surface area contributed by atoms with Gasteiger partial charge in [-0.1, -0.05) is 50.6 Å². The summed E-state index contributed by atoms with van der Waals surface area (Å²) in [6.45, 7) is 4.72. The predicted octanol–water partition coefficient (Wildman–Crippen LogP) is 5.51. The Morgan fingerprint density at radius 1 is 1.00 bits per heavy atom. The van der Waals surface area contributed by atoms with E-state index in [-0.39, 0.29) is 11.3 Å². The van der Waals surface area contributed by atoms with Crippen LogP contribution in [0.5, 0.6) is 17.2 Å². The summed E-state index contributed by atoms with van der Waals surface area (Å²) in [5.41, 5.74) is 1.24. The number of carbonyl (C=O) groups is 1. The van der Waals surface area contributed by atoms with Crippen molar-refractivity contribution in [3.8, 4) is 17.2 Å². The van der Waals surface area contributed by atoms with E-state index in [1.54, 1.807) is 30.3 Å². The van der Waals surface area contributed by atoms with Crippen molar-refractivity contribution in [1.29, 1.82) is 0 Å². The number of unbranched alkanes of at least 4 members (excludes halogenated alkanes) is 1. The molecule has 0 aromatic heterocycles. The van der Waals surface area contributed by atoms with Gasteiger partial charge in [-0.3, -0.25) is 0 Å². The van der Waals surface area contributed by atoms with Crippen molar-refractivity contribution in [2.24, 2.45) is 0 Å². The Hall–Kier alpha value is -3.01. The maximum Gasteiger partial charge on any atom is 0.347 e. The second-order valence-electron chi connectivity index (χ2n) is 6.41. The van der Waals surface area contributed by atoms with Crippen LogP contribution in [0.25, 0.3) is 10.8 Å². The van der Waals surface area contributed by atoms with E-state index < -0.39 is 5.97 Å². The summed E-state index contributed by atoms with van der Waals surface area (Å²) in [5.74, 6) is 0.320. The Balaban J connectivity index is 2.04. The number of rotatable bonds is 7. The van der Waals surface area contributed by atoms with Crippen LogP contribution < -0.4 is 9.47 Å². The zero-order valence-corrected chi connectivity index (χ0v) is 15.7. The van der Waals surface area contributed by atoms with Gasteiger partial charge in [-0.05, 0) is 42.7 Å². The van der Waals surface area contributed by atoms with Crippen molar-refractivity contribution in [3.05, 3.63) is 65.7 Å². The summed E-state index contributed by atoms with van der Waals surface area (Å²) in [6, 6.07) is 16.2. The van der Waals surface area contributed by atoms with Crippen molar-refractivity contribution in [1.82, 2.24) is 0 Å². The molecule has 0 heterocycles.